The molecule has 0 unspecified atom stereocenters. The number of hydrogen-bond donors (Lipinski definition) is 1. The third-order valence-corrected chi connectivity index (χ3v) is 4.00. The summed E-state index contributed by atoms with van der Waals surface area (Å²) >= 11 is 8.32. The monoisotopic (exact) mass is 361 g/mol. The number of thioether (sulfide) groups is 1. The van der Waals surface area contributed by atoms with Gasteiger partial charge in [-0.1, -0.05) is 15.9 Å². The van der Waals surface area contributed by atoms with Gasteiger partial charge in [-0.25, -0.2) is 0 Å². The SMILES string of the molecule is Nc1cc(Br)ccc1SCc1ccc(Br)o1. The maximum absolute atomic E-state index is 5.90. The molecular formula is C11H9Br2NOS. The number of hydrogen-bond acceptors (Lipinski definition) is 3. The molecule has 84 valence electrons. The summed E-state index contributed by atoms with van der Waals surface area (Å²) in [7, 11) is 0. The summed E-state index contributed by atoms with van der Waals surface area (Å²) in [5.74, 6) is 1.71. The van der Waals surface area contributed by atoms with E-state index >= 15 is 0 Å². The molecule has 0 aliphatic carbocycles. The minimum atomic E-state index is 0.756. The molecule has 2 aromatic rings. The first-order chi connectivity index (χ1) is 7.65. The average Bonchev–Trinajstić information content (AvgIpc) is 2.63. The molecule has 1 aromatic heterocycles. The van der Waals surface area contributed by atoms with E-state index in [1.54, 1.807) is 11.8 Å². The van der Waals surface area contributed by atoms with Gasteiger partial charge in [0.15, 0.2) is 4.67 Å². The van der Waals surface area contributed by atoms with Crippen LogP contribution in [0.2, 0.25) is 0 Å². The lowest BCUT2D eigenvalue weighted by Gasteiger charge is -2.04. The van der Waals surface area contributed by atoms with Gasteiger partial charge in [-0.15, -0.1) is 11.8 Å². The summed E-state index contributed by atoms with van der Waals surface area (Å²) < 4.78 is 7.17. The molecule has 5 heteroatoms. The van der Waals surface area contributed by atoms with E-state index in [2.05, 4.69) is 31.9 Å². The number of benzene rings is 1. The summed E-state index contributed by atoms with van der Waals surface area (Å²) in [6, 6.07) is 9.73. The zero-order chi connectivity index (χ0) is 11.5. The number of halogens is 2. The Hall–Kier alpha value is -0.390. The zero-order valence-electron chi connectivity index (χ0n) is 8.24. The van der Waals surface area contributed by atoms with E-state index in [1.165, 1.54) is 0 Å². The van der Waals surface area contributed by atoms with Crippen molar-refractivity contribution in [1.82, 2.24) is 0 Å². The van der Waals surface area contributed by atoms with Crippen molar-refractivity contribution >= 4 is 49.3 Å². The lowest BCUT2D eigenvalue weighted by atomic mass is 10.3. The highest BCUT2D eigenvalue weighted by Crippen LogP contribution is 2.31. The third kappa shape index (κ3) is 3.06. The Bertz CT molecular complexity index is 498. The third-order valence-electron chi connectivity index (χ3n) is 1.97. The topological polar surface area (TPSA) is 39.2 Å². The fourth-order valence-corrected chi connectivity index (χ4v) is 2.79. The van der Waals surface area contributed by atoms with Crippen molar-refractivity contribution in [2.24, 2.45) is 0 Å². The number of nitrogen functional groups attached to an aromatic ring is 1. The smallest absolute Gasteiger partial charge is 0.169 e. The van der Waals surface area contributed by atoms with Crippen molar-refractivity contribution in [3.05, 3.63) is 45.2 Å². The first kappa shape index (κ1) is 12.1. The van der Waals surface area contributed by atoms with Crippen LogP contribution in [0.25, 0.3) is 0 Å². The number of furan rings is 1. The van der Waals surface area contributed by atoms with E-state index in [-0.39, 0.29) is 0 Å². The van der Waals surface area contributed by atoms with E-state index in [4.69, 9.17) is 10.2 Å². The Morgan fingerprint density at radius 3 is 2.62 bits per heavy atom. The normalized spacial score (nSPS) is 10.6. The van der Waals surface area contributed by atoms with Crippen LogP contribution in [0.4, 0.5) is 5.69 Å². The largest absolute Gasteiger partial charge is 0.453 e. The van der Waals surface area contributed by atoms with Gasteiger partial charge in [0, 0.05) is 15.1 Å². The molecule has 0 fully saturated rings. The van der Waals surface area contributed by atoms with Gasteiger partial charge in [-0.2, -0.15) is 0 Å². The van der Waals surface area contributed by atoms with Crippen LogP contribution in [-0.4, -0.2) is 0 Å². The van der Waals surface area contributed by atoms with Crippen molar-refractivity contribution in [3.63, 3.8) is 0 Å². The number of anilines is 1. The molecule has 0 atom stereocenters. The van der Waals surface area contributed by atoms with Crippen LogP contribution >= 0.6 is 43.6 Å². The summed E-state index contributed by atoms with van der Waals surface area (Å²) in [4.78, 5) is 1.07. The molecule has 0 saturated heterocycles. The van der Waals surface area contributed by atoms with Crippen molar-refractivity contribution < 1.29 is 4.42 Å². The fraction of sp³-hybridized carbons (Fsp3) is 0.0909. The van der Waals surface area contributed by atoms with E-state index in [9.17, 15) is 0 Å². The van der Waals surface area contributed by atoms with Crippen molar-refractivity contribution in [2.75, 3.05) is 5.73 Å². The molecule has 2 N–H and O–H groups in total. The van der Waals surface area contributed by atoms with Gasteiger partial charge in [-0.05, 0) is 46.3 Å². The van der Waals surface area contributed by atoms with Crippen molar-refractivity contribution in [3.8, 4) is 0 Å². The van der Waals surface area contributed by atoms with Crippen LogP contribution in [-0.2, 0) is 5.75 Å². The Balaban J connectivity index is 2.04. The quantitative estimate of drug-likeness (QED) is 0.636. The summed E-state index contributed by atoms with van der Waals surface area (Å²) in [6.07, 6.45) is 0. The first-order valence-electron chi connectivity index (χ1n) is 4.57. The second-order valence-corrected chi connectivity index (χ2v) is 5.89. The molecule has 2 nitrogen and oxygen atoms in total. The van der Waals surface area contributed by atoms with E-state index in [1.807, 2.05) is 30.3 Å². The minimum Gasteiger partial charge on any atom is -0.453 e. The second-order valence-electron chi connectivity index (χ2n) is 3.18. The lowest BCUT2D eigenvalue weighted by molar-refractivity contribution is 0.507. The maximum Gasteiger partial charge on any atom is 0.169 e. The molecule has 0 amide bonds. The van der Waals surface area contributed by atoms with Crippen molar-refractivity contribution in [1.29, 1.82) is 0 Å². The molecule has 1 aromatic carbocycles. The Morgan fingerprint density at radius 2 is 2.00 bits per heavy atom. The van der Waals surface area contributed by atoms with Crippen LogP contribution in [0.5, 0.6) is 0 Å². The Morgan fingerprint density at radius 1 is 1.19 bits per heavy atom. The molecule has 0 aliphatic heterocycles. The Kier molecular flexibility index (Phi) is 4.00. The highest BCUT2D eigenvalue weighted by Gasteiger charge is 2.04. The molecule has 0 spiro atoms. The Labute approximate surface area is 115 Å². The predicted molar refractivity (Wildman–Crippen MR) is 74.5 cm³/mol. The molecule has 2 rings (SSSR count). The van der Waals surface area contributed by atoms with Gasteiger partial charge in [0.25, 0.3) is 0 Å². The molecule has 0 radical (unpaired) electrons. The van der Waals surface area contributed by atoms with E-state index in [0.717, 1.165) is 31.2 Å². The van der Waals surface area contributed by atoms with Crippen LogP contribution in [0.3, 0.4) is 0 Å². The van der Waals surface area contributed by atoms with Gasteiger partial charge in [0.2, 0.25) is 0 Å². The van der Waals surface area contributed by atoms with Crippen LogP contribution < -0.4 is 5.73 Å². The standard InChI is InChI=1S/C11H9Br2NOS/c12-7-1-3-10(9(14)5-7)16-6-8-2-4-11(13)15-8/h1-5H,6,14H2. The molecular weight excluding hydrogens is 354 g/mol. The van der Waals surface area contributed by atoms with E-state index < -0.39 is 0 Å². The molecule has 0 saturated carbocycles. The van der Waals surface area contributed by atoms with Gasteiger partial charge in [-0.3, -0.25) is 0 Å². The summed E-state index contributed by atoms with van der Waals surface area (Å²) in [6.45, 7) is 0. The maximum atomic E-state index is 5.90. The highest BCUT2D eigenvalue weighted by atomic mass is 79.9. The lowest BCUT2D eigenvalue weighted by Crippen LogP contribution is -1.88. The van der Waals surface area contributed by atoms with Gasteiger partial charge in [0.1, 0.15) is 5.76 Å². The molecule has 1 heterocycles. The molecule has 0 aliphatic rings. The van der Waals surface area contributed by atoms with Gasteiger partial charge >= 0.3 is 0 Å². The predicted octanol–water partition coefficient (Wildman–Crippen LogP) is 4.68. The van der Waals surface area contributed by atoms with Crippen LogP contribution in [0, 0.1) is 0 Å². The summed E-state index contributed by atoms with van der Waals surface area (Å²) in [5.41, 5.74) is 6.68. The first-order valence-corrected chi connectivity index (χ1v) is 7.14. The fourth-order valence-electron chi connectivity index (χ4n) is 1.23. The zero-order valence-corrected chi connectivity index (χ0v) is 12.2. The summed E-state index contributed by atoms with van der Waals surface area (Å²) in [5, 5.41) is 0. The molecule has 16 heavy (non-hydrogen) atoms. The van der Waals surface area contributed by atoms with Crippen molar-refractivity contribution in [2.45, 2.75) is 10.6 Å². The number of rotatable bonds is 3. The highest BCUT2D eigenvalue weighted by molar-refractivity contribution is 9.10. The van der Waals surface area contributed by atoms with Crippen LogP contribution in [0.1, 0.15) is 5.76 Å². The minimum absolute atomic E-state index is 0.756. The average molecular weight is 363 g/mol. The van der Waals surface area contributed by atoms with Crippen LogP contribution in [0.15, 0.2) is 48.8 Å². The molecule has 0 bridgehead atoms. The van der Waals surface area contributed by atoms with Gasteiger partial charge in [0.05, 0.1) is 5.75 Å². The number of nitrogens with two attached hydrogens (primary N) is 1. The second kappa shape index (κ2) is 5.29. The van der Waals surface area contributed by atoms with E-state index in [0.29, 0.717) is 0 Å². The van der Waals surface area contributed by atoms with Gasteiger partial charge < -0.3 is 10.2 Å².